The molecule has 2 aromatic heterocycles. The molecule has 0 radical (unpaired) electrons. The van der Waals surface area contributed by atoms with Gasteiger partial charge in [0.25, 0.3) is 0 Å². The van der Waals surface area contributed by atoms with Gasteiger partial charge in [0, 0.05) is 30.5 Å². The predicted molar refractivity (Wildman–Crippen MR) is 122 cm³/mol. The fourth-order valence-corrected chi connectivity index (χ4v) is 3.95. The first-order chi connectivity index (χ1) is 15.3. The Balaban J connectivity index is 1.33. The third kappa shape index (κ3) is 4.51. The number of ether oxygens (including phenoxy) is 1. The van der Waals surface area contributed by atoms with Crippen LogP contribution >= 0.6 is 0 Å². The molecule has 0 spiro atoms. The van der Waals surface area contributed by atoms with E-state index in [2.05, 4.69) is 69.1 Å². The van der Waals surface area contributed by atoms with E-state index >= 15 is 0 Å². The summed E-state index contributed by atoms with van der Waals surface area (Å²) in [5.74, 6) is 0.868. The predicted octanol–water partition coefficient (Wildman–Crippen LogP) is 5.30. The Morgan fingerprint density at radius 1 is 0.806 bits per heavy atom. The highest BCUT2D eigenvalue weighted by Crippen LogP contribution is 2.23. The van der Waals surface area contributed by atoms with Crippen molar-refractivity contribution in [1.82, 2.24) is 19.1 Å². The standard InChI is InChI=1S/C26H24N4O/c1-2-7-26-21(4-1)5-3-6-22(26)8-11-25(18-29-16-14-27-19-29)31-24-12-9-23(10-13-24)30-17-15-28-20-30/h1-7,9-10,12-17,19-20,25H,8,11,18H2. The lowest BCUT2D eigenvalue weighted by molar-refractivity contribution is 0.170. The third-order valence-corrected chi connectivity index (χ3v) is 5.53. The number of fused-ring (bicyclic) bond motifs is 1. The van der Waals surface area contributed by atoms with Crippen LogP contribution in [-0.2, 0) is 13.0 Å². The molecule has 0 saturated heterocycles. The molecule has 0 saturated carbocycles. The van der Waals surface area contributed by atoms with Gasteiger partial charge in [-0.25, -0.2) is 9.97 Å². The van der Waals surface area contributed by atoms with Gasteiger partial charge in [-0.2, -0.15) is 0 Å². The topological polar surface area (TPSA) is 44.9 Å². The zero-order valence-corrected chi connectivity index (χ0v) is 17.2. The Bertz CT molecular complexity index is 1220. The van der Waals surface area contributed by atoms with E-state index in [1.807, 2.05) is 41.6 Å². The zero-order valence-electron chi connectivity index (χ0n) is 17.2. The summed E-state index contributed by atoms with van der Waals surface area (Å²) in [5.41, 5.74) is 2.42. The van der Waals surface area contributed by atoms with Crippen LogP contribution in [0.25, 0.3) is 16.5 Å². The molecule has 0 aliphatic rings. The molecule has 31 heavy (non-hydrogen) atoms. The summed E-state index contributed by atoms with van der Waals surface area (Å²) in [6.45, 7) is 0.758. The minimum absolute atomic E-state index is 0.0345. The van der Waals surface area contributed by atoms with E-state index in [1.165, 1.54) is 16.3 Å². The summed E-state index contributed by atoms with van der Waals surface area (Å²) >= 11 is 0. The normalized spacial score (nSPS) is 12.1. The van der Waals surface area contributed by atoms with Crippen molar-refractivity contribution in [2.75, 3.05) is 0 Å². The smallest absolute Gasteiger partial charge is 0.119 e. The van der Waals surface area contributed by atoms with E-state index < -0.39 is 0 Å². The molecular formula is C26H24N4O. The molecule has 1 unspecified atom stereocenters. The average Bonchev–Trinajstić information content (AvgIpc) is 3.53. The molecule has 0 aliphatic carbocycles. The molecule has 5 aromatic rings. The Hall–Kier alpha value is -3.86. The van der Waals surface area contributed by atoms with Gasteiger partial charge < -0.3 is 13.9 Å². The van der Waals surface area contributed by atoms with Gasteiger partial charge in [0.15, 0.2) is 0 Å². The Labute approximate surface area is 181 Å². The number of aromatic nitrogens is 4. The zero-order chi connectivity index (χ0) is 20.9. The fraction of sp³-hybridized carbons (Fsp3) is 0.154. The molecule has 3 aromatic carbocycles. The minimum atomic E-state index is 0.0345. The van der Waals surface area contributed by atoms with Crippen LogP contribution in [0.3, 0.4) is 0 Å². The fourth-order valence-electron chi connectivity index (χ4n) is 3.95. The van der Waals surface area contributed by atoms with Crippen molar-refractivity contribution < 1.29 is 4.74 Å². The van der Waals surface area contributed by atoms with Crippen LogP contribution < -0.4 is 4.74 Å². The van der Waals surface area contributed by atoms with Crippen molar-refractivity contribution in [3.05, 3.63) is 110 Å². The molecule has 0 aliphatic heterocycles. The maximum Gasteiger partial charge on any atom is 0.119 e. The molecule has 5 heteroatoms. The Kier molecular flexibility index (Phi) is 5.48. The average molecular weight is 409 g/mol. The van der Waals surface area contributed by atoms with Crippen LogP contribution in [0.1, 0.15) is 12.0 Å². The van der Waals surface area contributed by atoms with Crippen molar-refractivity contribution in [2.45, 2.75) is 25.5 Å². The van der Waals surface area contributed by atoms with Crippen molar-refractivity contribution in [2.24, 2.45) is 0 Å². The highest BCUT2D eigenvalue weighted by Gasteiger charge is 2.13. The molecule has 0 amide bonds. The van der Waals surface area contributed by atoms with E-state index in [0.717, 1.165) is 30.8 Å². The summed E-state index contributed by atoms with van der Waals surface area (Å²) in [6, 6.07) is 23.2. The first kappa shape index (κ1) is 19.1. The van der Waals surface area contributed by atoms with Gasteiger partial charge in [0.1, 0.15) is 11.9 Å². The van der Waals surface area contributed by atoms with Crippen molar-refractivity contribution in [1.29, 1.82) is 0 Å². The third-order valence-electron chi connectivity index (χ3n) is 5.53. The number of nitrogens with zero attached hydrogens (tertiary/aromatic N) is 4. The molecule has 0 N–H and O–H groups in total. The van der Waals surface area contributed by atoms with E-state index in [1.54, 1.807) is 12.5 Å². The SMILES string of the molecule is c1ccc2c(CCC(Cn3ccnc3)Oc3ccc(-n4ccnc4)cc3)cccc2c1. The van der Waals surface area contributed by atoms with Gasteiger partial charge in [-0.15, -0.1) is 0 Å². The van der Waals surface area contributed by atoms with E-state index in [-0.39, 0.29) is 6.10 Å². The number of hydrogen-bond donors (Lipinski definition) is 0. The van der Waals surface area contributed by atoms with Crippen LogP contribution in [0.15, 0.2) is 104 Å². The second kappa shape index (κ2) is 8.88. The second-order valence-electron chi connectivity index (χ2n) is 7.64. The summed E-state index contributed by atoms with van der Waals surface area (Å²) < 4.78 is 10.5. The molecule has 5 rings (SSSR count). The number of hydrogen-bond acceptors (Lipinski definition) is 3. The largest absolute Gasteiger partial charge is 0.489 e. The number of imidazole rings is 2. The highest BCUT2D eigenvalue weighted by atomic mass is 16.5. The quantitative estimate of drug-likeness (QED) is 0.350. The van der Waals surface area contributed by atoms with E-state index in [4.69, 9.17) is 4.74 Å². The Morgan fingerprint density at radius 2 is 1.61 bits per heavy atom. The van der Waals surface area contributed by atoms with Gasteiger partial charge >= 0.3 is 0 Å². The lowest BCUT2D eigenvalue weighted by atomic mass is 9.99. The molecule has 1 atom stereocenters. The van der Waals surface area contributed by atoms with Gasteiger partial charge in [0.2, 0.25) is 0 Å². The molecule has 2 heterocycles. The lowest BCUT2D eigenvalue weighted by Gasteiger charge is -2.20. The van der Waals surface area contributed by atoms with Crippen LogP contribution in [-0.4, -0.2) is 25.2 Å². The summed E-state index contributed by atoms with van der Waals surface area (Å²) in [4.78, 5) is 8.29. The molecule has 0 fully saturated rings. The van der Waals surface area contributed by atoms with Crippen molar-refractivity contribution >= 4 is 10.8 Å². The molecular weight excluding hydrogens is 384 g/mol. The molecule has 154 valence electrons. The van der Waals surface area contributed by atoms with Gasteiger partial charge in [0.05, 0.1) is 19.2 Å². The first-order valence-corrected chi connectivity index (χ1v) is 10.5. The molecule has 5 nitrogen and oxygen atoms in total. The number of benzene rings is 3. The summed E-state index contributed by atoms with van der Waals surface area (Å²) in [5, 5.41) is 2.60. The van der Waals surface area contributed by atoms with Crippen LogP contribution in [0.2, 0.25) is 0 Å². The van der Waals surface area contributed by atoms with Crippen molar-refractivity contribution in [3.8, 4) is 11.4 Å². The monoisotopic (exact) mass is 408 g/mol. The number of rotatable bonds is 8. The highest BCUT2D eigenvalue weighted by molar-refractivity contribution is 5.85. The summed E-state index contributed by atoms with van der Waals surface area (Å²) in [6.07, 6.45) is 13.0. The van der Waals surface area contributed by atoms with Crippen LogP contribution in [0.5, 0.6) is 5.75 Å². The molecule has 0 bridgehead atoms. The maximum atomic E-state index is 6.42. The van der Waals surface area contributed by atoms with Gasteiger partial charge in [-0.1, -0.05) is 42.5 Å². The first-order valence-electron chi connectivity index (χ1n) is 10.5. The van der Waals surface area contributed by atoms with Crippen LogP contribution in [0, 0.1) is 0 Å². The number of aryl methyl sites for hydroxylation is 1. The maximum absolute atomic E-state index is 6.42. The summed E-state index contributed by atoms with van der Waals surface area (Å²) in [7, 11) is 0. The van der Waals surface area contributed by atoms with Crippen molar-refractivity contribution in [3.63, 3.8) is 0 Å². The van der Waals surface area contributed by atoms with Crippen LogP contribution in [0.4, 0.5) is 0 Å². The van der Waals surface area contributed by atoms with E-state index in [0.29, 0.717) is 0 Å². The van der Waals surface area contributed by atoms with Gasteiger partial charge in [-0.05, 0) is 53.4 Å². The minimum Gasteiger partial charge on any atom is -0.489 e. The Morgan fingerprint density at radius 3 is 2.42 bits per heavy atom. The van der Waals surface area contributed by atoms with E-state index in [9.17, 15) is 0 Å². The lowest BCUT2D eigenvalue weighted by Crippen LogP contribution is -2.23. The van der Waals surface area contributed by atoms with Gasteiger partial charge in [-0.3, -0.25) is 0 Å². The second-order valence-corrected chi connectivity index (χ2v) is 7.64.